The summed E-state index contributed by atoms with van der Waals surface area (Å²) in [5.74, 6) is 0.596. The molecule has 1 aliphatic heterocycles. The minimum Gasteiger partial charge on any atom is -0.465 e. The summed E-state index contributed by atoms with van der Waals surface area (Å²) in [6.45, 7) is 0. The molecule has 5 heteroatoms. The smallest absolute Gasteiger partial charge is 0.264 e. The Kier molecular flexibility index (Phi) is 4.23. The maximum absolute atomic E-state index is 12.0. The van der Waals surface area contributed by atoms with Gasteiger partial charge in [-0.05, 0) is 59.0 Å². The van der Waals surface area contributed by atoms with Crippen molar-refractivity contribution in [3.63, 3.8) is 0 Å². The predicted molar refractivity (Wildman–Crippen MR) is 103 cm³/mol. The molecule has 3 aromatic rings. The molecule has 25 heavy (non-hydrogen) atoms. The van der Waals surface area contributed by atoms with Gasteiger partial charge in [0.2, 0.25) is 0 Å². The average Bonchev–Trinajstić information content (AvgIpc) is 3.25. The molecule has 4 nitrogen and oxygen atoms in total. The third kappa shape index (κ3) is 3.56. The number of fused-ring (bicyclic) bond motifs is 1. The number of rotatable bonds is 3. The van der Waals surface area contributed by atoms with Gasteiger partial charge in [0.1, 0.15) is 5.76 Å². The molecule has 2 aromatic carbocycles. The number of hydrogen-bond acceptors (Lipinski definition) is 4. The van der Waals surface area contributed by atoms with Crippen LogP contribution in [0.3, 0.4) is 0 Å². The maximum atomic E-state index is 12.0. The summed E-state index contributed by atoms with van der Waals surface area (Å²) in [6.07, 6.45) is 6.96. The van der Waals surface area contributed by atoms with E-state index in [1.807, 2.05) is 48.5 Å². The highest BCUT2D eigenvalue weighted by atomic mass is 32.2. The first-order valence-electron chi connectivity index (χ1n) is 7.76. The highest BCUT2D eigenvalue weighted by Gasteiger charge is 2.23. The van der Waals surface area contributed by atoms with E-state index in [2.05, 4.69) is 16.4 Å². The number of allylic oxidation sites excluding steroid dienone is 2. The van der Waals surface area contributed by atoms with E-state index in [0.29, 0.717) is 10.1 Å². The van der Waals surface area contributed by atoms with Crippen molar-refractivity contribution in [3.8, 4) is 0 Å². The Bertz CT molecular complexity index is 1020. The zero-order chi connectivity index (χ0) is 17.1. The summed E-state index contributed by atoms with van der Waals surface area (Å²) < 4.78 is 5.21. The molecule has 1 fully saturated rings. The highest BCUT2D eigenvalue weighted by molar-refractivity contribution is 8.18. The number of benzene rings is 2. The van der Waals surface area contributed by atoms with Crippen molar-refractivity contribution in [2.75, 3.05) is 0 Å². The van der Waals surface area contributed by atoms with Crippen molar-refractivity contribution in [3.05, 3.63) is 83.7 Å². The van der Waals surface area contributed by atoms with Crippen molar-refractivity contribution >= 4 is 45.4 Å². The van der Waals surface area contributed by atoms with Gasteiger partial charge in [-0.3, -0.25) is 4.79 Å². The van der Waals surface area contributed by atoms with Gasteiger partial charge in [0.25, 0.3) is 5.91 Å². The lowest BCUT2D eigenvalue weighted by Crippen LogP contribution is -2.19. The first-order chi connectivity index (χ1) is 12.3. The fourth-order valence-corrected chi connectivity index (χ4v) is 3.27. The lowest BCUT2D eigenvalue weighted by molar-refractivity contribution is -0.115. The Balaban J connectivity index is 1.53. The number of amidine groups is 1. The molecular formula is C20H14N2O2S. The number of hydrogen-bond donors (Lipinski definition) is 1. The molecule has 0 atom stereocenters. The minimum absolute atomic E-state index is 0.145. The molecule has 2 heterocycles. The van der Waals surface area contributed by atoms with Crippen molar-refractivity contribution in [2.45, 2.75) is 0 Å². The van der Waals surface area contributed by atoms with Crippen molar-refractivity contribution in [1.82, 2.24) is 5.32 Å². The van der Waals surface area contributed by atoms with Crippen molar-refractivity contribution in [2.24, 2.45) is 4.99 Å². The van der Waals surface area contributed by atoms with E-state index in [1.54, 1.807) is 24.5 Å². The minimum atomic E-state index is -0.145. The predicted octanol–water partition coefficient (Wildman–Crippen LogP) is 4.88. The number of aliphatic imine (C=N–C) groups is 1. The van der Waals surface area contributed by atoms with Gasteiger partial charge in [0.05, 0.1) is 16.9 Å². The fourth-order valence-electron chi connectivity index (χ4n) is 2.48. The van der Waals surface area contributed by atoms with Crippen LogP contribution in [-0.4, -0.2) is 11.1 Å². The number of thioether (sulfide) groups is 1. The summed E-state index contributed by atoms with van der Waals surface area (Å²) in [5, 5.41) is 5.66. The molecule has 4 rings (SSSR count). The molecule has 0 aliphatic carbocycles. The molecule has 1 saturated heterocycles. The van der Waals surface area contributed by atoms with Gasteiger partial charge in [0.15, 0.2) is 5.17 Å². The molecule has 0 unspecified atom stereocenters. The third-order valence-corrected chi connectivity index (χ3v) is 4.59. The first kappa shape index (κ1) is 15.5. The number of furan rings is 1. The lowest BCUT2D eigenvalue weighted by Gasteiger charge is -2.00. The van der Waals surface area contributed by atoms with Crippen molar-refractivity contribution in [1.29, 1.82) is 0 Å². The fraction of sp³-hybridized carbons (Fsp3) is 0. The molecule has 122 valence electrons. The number of carbonyl (C=O) groups is 1. The Morgan fingerprint density at radius 2 is 1.92 bits per heavy atom. The Hall–Kier alpha value is -3.05. The summed E-state index contributed by atoms with van der Waals surface area (Å²) in [7, 11) is 0. The second kappa shape index (κ2) is 6.83. The molecule has 0 spiro atoms. The van der Waals surface area contributed by atoms with Crippen LogP contribution >= 0.6 is 11.8 Å². The van der Waals surface area contributed by atoms with Crippen LogP contribution in [0.25, 0.3) is 16.8 Å². The van der Waals surface area contributed by atoms with Gasteiger partial charge in [-0.25, -0.2) is 4.99 Å². The standard InChI is InChI=1S/C20H14N2O2S/c23-19-18(9-3-7-17-8-4-12-24-17)25-20(22-19)21-16-11-10-14-5-1-2-6-15(14)13-16/h1-13H,(H,21,22,23)/b7-3+,18-9+. The quantitative estimate of drug-likeness (QED) is 0.688. The number of carbonyl (C=O) groups excluding carboxylic acids is 1. The van der Waals surface area contributed by atoms with Crippen molar-refractivity contribution < 1.29 is 9.21 Å². The van der Waals surface area contributed by atoms with Crippen LogP contribution in [-0.2, 0) is 4.79 Å². The number of nitrogens with one attached hydrogen (secondary N) is 1. The van der Waals surface area contributed by atoms with Crippen LogP contribution in [0.5, 0.6) is 0 Å². The zero-order valence-electron chi connectivity index (χ0n) is 13.2. The van der Waals surface area contributed by atoms with E-state index >= 15 is 0 Å². The number of nitrogens with zero attached hydrogens (tertiary/aromatic N) is 1. The van der Waals surface area contributed by atoms with Gasteiger partial charge in [-0.2, -0.15) is 0 Å². The molecule has 0 saturated carbocycles. The van der Waals surface area contributed by atoms with Crippen LogP contribution in [0, 0.1) is 0 Å². The Morgan fingerprint density at radius 1 is 1.04 bits per heavy atom. The zero-order valence-corrected chi connectivity index (χ0v) is 14.0. The van der Waals surface area contributed by atoms with Gasteiger partial charge < -0.3 is 9.73 Å². The summed E-state index contributed by atoms with van der Waals surface area (Å²) >= 11 is 1.32. The molecule has 1 aromatic heterocycles. The van der Waals surface area contributed by atoms with Gasteiger partial charge in [-0.1, -0.05) is 36.4 Å². The Morgan fingerprint density at radius 3 is 2.76 bits per heavy atom. The second-order valence-electron chi connectivity index (χ2n) is 5.41. The topological polar surface area (TPSA) is 54.6 Å². The average molecular weight is 346 g/mol. The van der Waals surface area contributed by atoms with E-state index in [9.17, 15) is 4.79 Å². The normalized spacial score (nSPS) is 17.8. The highest BCUT2D eigenvalue weighted by Crippen LogP contribution is 2.27. The molecule has 0 bridgehead atoms. The molecule has 1 amide bonds. The second-order valence-corrected chi connectivity index (χ2v) is 6.44. The summed E-state index contributed by atoms with van der Waals surface area (Å²) in [6, 6.07) is 17.8. The van der Waals surface area contributed by atoms with Crippen LogP contribution in [0.15, 0.2) is 87.3 Å². The van der Waals surface area contributed by atoms with E-state index < -0.39 is 0 Å². The van der Waals surface area contributed by atoms with Crippen LogP contribution < -0.4 is 5.32 Å². The molecular weight excluding hydrogens is 332 g/mol. The van der Waals surface area contributed by atoms with Crippen LogP contribution in [0.2, 0.25) is 0 Å². The molecule has 0 radical (unpaired) electrons. The van der Waals surface area contributed by atoms with E-state index in [0.717, 1.165) is 16.8 Å². The van der Waals surface area contributed by atoms with Crippen LogP contribution in [0.4, 0.5) is 5.69 Å². The maximum Gasteiger partial charge on any atom is 0.264 e. The SMILES string of the molecule is O=C1NC(=Nc2ccc3ccccc3c2)S/C1=C/C=C/c1ccco1. The van der Waals surface area contributed by atoms with E-state index in [-0.39, 0.29) is 5.91 Å². The van der Waals surface area contributed by atoms with Gasteiger partial charge >= 0.3 is 0 Å². The van der Waals surface area contributed by atoms with Crippen LogP contribution in [0.1, 0.15) is 5.76 Å². The first-order valence-corrected chi connectivity index (χ1v) is 8.58. The van der Waals surface area contributed by atoms with Gasteiger partial charge in [0, 0.05) is 0 Å². The number of amides is 1. The third-order valence-electron chi connectivity index (χ3n) is 3.67. The summed E-state index contributed by atoms with van der Waals surface area (Å²) in [4.78, 5) is 17.2. The monoisotopic (exact) mass is 346 g/mol. The lowest BCUT2D eigenvalue weighted by atomic mass is 10.1. The molecule has 1 aliphatic rings. The van der Waals surface area contributed by atoms with E-state index in [4.69, 9.17) is 4.42 Å². The Labute approximate surface area is 148 Å². The summed E-state index contributed by atoms with van der Waals surface area (Å²) in [5.41, 5.74) is 0.814. The molecule has 1 N–H and O–H groups in total. The van der Waals surface area contributed by atoms with E-state index in [1.165, 1.54) is 17.1 Å². The largest absolute Gasteiger partial charge is 0.465 e. The van der Waals surface area contributed by atoms with Gasteiger partial charge in [-0.15, -0.1) is 0 Å².